The van der Waals surface area contributed by atoms with Gasteiger partial charge in [-0.25, -0.2) is 14.2 Å². The summed E-state index contributed by atoms with van der Waals surface area (Å²) in [6.45, 7) is 3.04. The molecule has 0 saturated carbocycles. The van der Waals surface area contributed by atoms with Crippen molar-refractivity contribution in [3.63, 3.8) is 0 Å². The second-order valence-corrected chi connectivity index (χ2v) is 16.0. The number of halogens is 1. The van der Waals surface area contributed by atoms with E-state index in [1.54, 1.807) is 0 Å². The topological polar surface area (TPSA) is 125 Å². The highest BCUT2D eigenvalue weighted by Crippen LogP contribution is 2.44. The number of nitrogens with zero attached hydrogens (tertiary/aromatic N) is 3. The lowest BCUT2D eigenvalue weighted by Gasteiger charge is -2.20. The summed E-state index contributed by atoms with van der Waals surface area (Å²) in [6, 6.07) is 21.8. The van der Waals surface area contributed by atoms with Crippen molar-refractivity contribution >= 4 is 34.9 Å². The molecule has 0 radical (unpaired) electrons. The first-order chi connectivity index (χ1) is 28.7. The first-order valence-electron chi connectivity index (χ1n) is 21.4. The Kier molecular flexibility index (Phi) is 15.4. The highest BCUT2D eigenvalue weighted by atomic mass is 35.5. The van der Waals surface area contributed by atoms with Crippen LogP contribution in [0.5, 0.6) is 5.88 Å². The van der Waals surface area contributed by atoms with Crippen molar-refractivity contribution in [2.75, 3.05) is 11.9 Å². The molecule has 3 aromatic carbocycles. The van der Waals surface area contributed by atoms with Crippen molar-refractivity contribution in [3.05, 3.63) is 118 Å². The van der Waals surface area contributed by atoms with Gasteiger partial charge in [-0.05, 0) is 48.6 Å². The average Bonchev–Trinajstić information content (AvgIpc) is 3.91. The maximum atomic E-state index is 15.2. The number of fused-ring (bicyclic) bond motifs is 1. The minimum atomic E-state index is -1.84. The van der Waals surface area contributed by atoms with Gasteiger partial charge in [-0.3, -0.25) is 14.2 Å². The molecule has 2 aromatic heterocycles. The van der Waals surface area contributed by atoms with Gasteiger partial charge < -0.3 is 19.7 Å². The number of anilines is 1. The van der Waals surface area contributed by atoms with Gasteiger partial charge in [-0.1, -0.05) is 156 Å². The molecular weight excluding hydrogens is 764 g/mol. The number of hydrogen-bond donors (Lipinski definition) is 2. The summed E-state index contributed by atoms with van der Waals surface area (Å²) in [5, 5.41) is 13.9. The number of esters is 1. The van der Waals surface area contributed by atoms with Crippen LogP contribution in [0.4, 0.5) is 5.69 Å². The van der Waals surface area contributed by atoms with Crippen molar-refractivity contribution in [1.82, 2.24) is 13.7 Å². The molecule has 6 rings (SSSR count). The van der Waals surface area contributed by atoms with Crippen molar-refractivity contribution in [2.45, 2.75) is 116 Å². The maximum Gasteiger partial charge on any atom is 0.338 e. The third-order valence-electron chi connectivity index (χ3n) is 11.3. The molecule has 1 amide bonds. The zero-order valence-corrected chi connectivity index (χ0v) is 35.1. The summed E-state index contributed by atoms with van der Waals surface area (Å²) in [5.74, 6) is -2.71. The molecule has 312 valence electrons. The minimum absolute atomic E-state index is 0.0574. The number of unbranched alkanes of at least 4 members (excludes halogenated alkanes) is 12. The fourth-order valence-corrected chi connectivity index (χ4v) is 8.40. The van der Waals surface area contributed by atoms with Gasteiger partial charge in [0.05, 0.1) is 34.8 Å². The van der Waals surface area contributed by atoms with Gasteiger partial charge in [0.15, 0.2) is 6.04 Å². The Labute approximate surface area is 352 Å². The molecule has 59 heavy (non-hydrogen) atoms. The Hall–Kier alpha value is -5.35. The second kappa shape index (κ2) is 21.1. The fraction of sp³-hybridized carbons (Fsp3) is 0.417. The molecule has 5 aromatic rings. The van der Waals surface area contributed by atoms with Crippen LogP contribution >= 0.6 is 11.6 Å². The Morgan fingerprint density at radius 2 is 1.37 bits per heavy atom. The van der Waals surface area contributed by atoms with Crippen LogP contribution in [0.25, 0.3) is 22.3 Å². The summed E-state index contributed by atoms with van der Waals surface area (Å²) in [6.07, 6.45) is 18.5. The smallest absolute Gasteiger partial charge is 0.338 e. The molecule has 11 heteroatoms. The van der Waals surface area contributed by atoms with Crippen molar-refractivity contribution in [2.24, 2.45) is 7.05 Å². The number of imidazole rings is 1. The molecule has 2 N–H and O–H groups in total. The van der Waals surface area contributed by atoms with Gasteiger partial charge in [0, 0.05) is 30.4 Å². The molecule has 10 nitrogen and oxygen atoms in total. The quantitative estimate of drug-likeness (QED) is 0.0310. The summed E-state index contributed by atoms with van der Waals surface area (Å²) in [5.41, 5.74) is 3.90. The molecule has 0 spiro atoms. The van der Waals surface area contributed by atoms with Crippen molar-refractivity contribution in [3.8, 4) is 28.1 Å². The van der Waals surface area contributed by atoms with E-state index in [0.29, 0.717) is 18.5 Å². The molecular formula is C48H57ClN4O6. The number of ketones is 1. The highest BCUT2D eigenvalue weighted by molar-refractivity contribution is 6.34. The number of rotatable bonds is 22. The summed E-state index contributed by atoms with van der Waals surface area (Å²) in [4.78, 5) is 56.4. The molecule has 1 atom stereocenters. The zero-order chi connectivity index (χ0) is 41.7. The standard InChI is InChI=1S/C48H57ClN4O6/c1-3-4-5-6-7-8-9-10-11-12-13-14-21-31-59-47(57)36-28-29-37(49)38(32-36)50-46(56)44(53-40(54)33-51(2)48(53)58)45(55)43-42(35-25-19-16-20-26-35)41(34-23-17-15-18-24-34)39-27-22-30-52(39)43/h15-20,23-26,28-29,32-33,44,54H,3-14,21-22,27,30-31H2,1-2H3,(H,50,56). The third-order valence-corrected chi connectivity index (χ3v) is 11.6. The van der Waals surface area contributed by atoms with Crippen molar-refractivity contribution in [1.29, 1.82) is 0 Å². The number of nitrogens with one attached hydrogen (secondary N) is 1. The zero-order valence-electron chi connectivity index (χ0n) is 34.4. The highest BCUT2D eigenvalue weighted by Gasteiger charge is 2.40. The monoisotopic (exact) mass is 820 g/mol. The van der Waals surface area contributed by atoms with Crippen molar-refractivity contribution < 1.29 is 24.2 Å². The van der Waals surface area contributed by atoms with E-state index >= 15 is 4.79 Å². The van der Waals surface area contributed by atoms with E-state index in [4.69, 9.17) is 16.3 Å². The van der Waals surface area contributed by atoms with E-state index < -0.39 is 35.3 Å². The van der Waals surface area contributed by atoms with E-state index in [2.05, 4.69) is 12.2 Å². The number of amides is 1. The molecule has 1 aliphatic heterocycles. The lowest BCUT2D eigenvalue weighted by atomic mass is 9.91. The first kappa shape index (κ1) is 43.2. The average molecular weight is 821 g/mol. The Morgan fingerprint density at radius 3 is 1.95 bits per heavy atom. The van der Waals surface area contributed by atoms with Crippen LogP contribution in [0.15, 0.2) is 89.9 Å². The number of hydrogen-bond acceptors (Lipinski definition) is 6. The first-order valence-corrected chi connectivity index (χ1v) is 21.7. The Bertz CT molecular complexity index is 2260. The second-order valence-electron chi connectivity index (χ2n) is 15.6. The van der Waals surface area contributed by atoms with Gasteiger partial charge in [0.25, 0.3) is 5.91 Å². The maximum absolute atomic E-state index is 15.2. The third kappa shape index (κ3) is 10.5. The molecule has 1 aliphatic rings. The summed E-state index contributed by atoms with van der Waals surface area (Å²) in [7, 11) is 1.43. The molecule has 0 fully saturated rings. The largest absolute Gasteiger partial charge is 0.493 e. The number of Topliss-reactive ketones (excluding diaryl/α,β-unsaturated/α-hetero) is 1. The van der Waals surface area contributed by atoms with Gasteiger partial charge >= 0.3 is 11.7 Å². The molecule has 0 aliphatic carbocycles. The predicted molar refractivity (Wildman–Crippen MR) is 234 cm³/mol. The molecule has 0 saturated heterocycles. The number of aromatic hydroxyl groups is 1. The summed E-state index contributed by atoms with van der Waals surface area (Å²) < 4.78 is 9.43. The van der Waals surface area contributed by atoms with E-state index in [0.717, 1.165) is 63.4 Å². The van der Waals surface area contributed by atoms with E-state index in [-0.39, 0.29) is 28.6 Å². The number of aryl methyl sites for hydroxylation is 1. The van der Waals surface area contributed by atoms with Crippen LogP contribution in [0.1, 0.15) is 129 Å². The van der Waals surface area contributed by atoms with Crippen LogP contribution in [0, 0.1) is 0 Å². The van der Waals surface area contributed by atoms with Gasteiger partial charge in [0.1, 0.15) is 0 Å². The van der Waals surface area contributed by atoms with Gasteiger partial charge in [0.2, 0.25) is 11.7 Å². The Balaban J connectivity index is 1.18. The molecule has 0 bridgehead atoms. The minimum Gasteiger partial charge on any atom is -0.493 e. The number of aromatic nitrogens is 3. The molecule has 3 heterocycles. The van der Waals surface area contributed by atoms with Gasteiger partial charge in [-0.15, -0.1) is 0 Å². The summed E-state index contributed by atoms with van der Waals surface area (Å²) >= 11 is 6.57. The normalized spacial score (nSPS) is 12.7. The number of ether oxygens (including phenoxy) is 1. The lowest BCUT2D eigenvalue weighted by Crippen LogP contribution is -2.39. The van der Waals surface area contributed by atoms with E-state index in [1.165, 1.54) is 89.5 Å². The van der Waals surface area contributed by atoms with Crippen LogP contribution in [0.3, 0.4) is 0 Å². The SMILES string of the molecule is CCCCCCCCCCCCCCCOC(=O)c1ccc(Cl)c(NC(=O)C(C(=O)c2c(-c3ccccc3)c(-c3ccccc3)c3n2CCC3)n2c(O)cn(C)c2=O)c1. The predicted octanol–water partition coefficient (Wildman–Crippen LogP) is 10.9. The van der Waals surface area contributed by atoms with Gasteiger partial charge in [-0.2, -0.15) is 0 Å². The molecule has 1 unspecified atom stereocenters. The van der Waals surface area contributed by atoms with Crippen LogP contribution < -0.4 is 11.0 Å². The van der Waals surface area contributed by atoms with Crippen LogP contribution in [0.2, 0.25) is 5.02 Å². The Morgan fingerprint density at radius 1 is 0.797 bits per heavy atom. The lowest BCUT2D eigenvalue weighted by molar-refractivity contribution is -0.118. The fourth-order valence-electron chi connectivity index (χ4n) is 8.24. The number of carbonyl (C=O) groups is 3. The van der Waals surface area contributed by atoms with Crippen LogP contribution in [-0.2, 0) is 29.5 Å². The number of benzene rings is 3. The van der Waals surface area contributed by atoms with E-state index in [9.17, 15) is 19.5 Å². The number of carbonyl (C=O) groups excluding carboxylic acids is 3. The van der Waals surface area contributed by atoms with E-state index in [1.807, 2.05) is 65.2 Å². The van der Waals surface area contributed by atoms with Crippen LogP contribution in [-0.4, -0.2) is 43.1 Å².